The Morgan fingerprint density at radius 1 is 1.25 bits per heavy atom. The zero-order valence-corrected chi connectivity index (χ0v) is 10.3. The van der Waals surface area contributed by atoms with E-state index < -0.39 is 5.79 Å². The fraction of sp³-hybridized carbons (Fsp3) is 0.923. The fourth-order valence-corrected chi connectivity index (χ4v) is 3.87. The molecule has 4 atom stereocenters. The Balaban J connectivity index is 1.90. The molecule has 16 heavy (non-hydrogen) atoms. The predicted octanol–water partition coefficient (Wildman–Crippen LogP) is 2.29. The summed E-state index contributed by atoms with van der Waals surface area (Å²) in [7, 11) is 0. The van der Waals surface area contributed by atoms with Gasteiger partial charge in [0.05, 0.1) is 12.2 Å². The number of ether oxygens (including phenoxy) is 2. The number of carbonyl (C=O) groups is 1. The summed E-state index contributed by atoms with van der Waals surface area (Å²) < 4.78 is 11.9. The molecule has 3 heteroatoms. The maximum absolute atomic E-state index is 12.1. The Morgan fingerprint density at radius 3 is 2.75 bits per heavy atom. The molecule has 1 aliphatic heterocycles. The molecule has 3 nitrogen and oxygen atoms in total. The molecule has 2 aliphatic carbocycles. The number of ketones is 1. The van der Waals surface area contributed by atoms with Gasteiger partial charge in [0.1, 0.15) is 5.78 Å². The monoisotopic (exact) mass is 224 g/mol. The highest BCUT2D eigenvalue weighted by Crippen LogP contribution is 2.55. The van der Waals surface area contributed by atoms with Gasteiger partial charge in [0.25, 0.3) is 0 Å². The van der Waals surface area contributed by atoms with Crippen LogP contribution in [0.25, 0.3) is 0 Å². The molecule has 0 aromatic heterocycles. The molecular weight excluding hydrogens is 204 g/mol. The average molecular weight is 224 g/mol. The van der Waals surface area contributed by atoms with Gasteiger partial charge in [-0.05, 0) is 33.1 Å². The Hall–Kier alpha value is -0.410. The van der Waals surface area contributed by atoms with Crippen LogP contribution in [0.15, 0.2) is 0 Å². The second-order valence-corrected chi connectivity index (χ2v) is 6.18. The Labute approximate surface area is 96.5 Å². The van der Waals surface area contributed by atoms with Crippen molar-refractivity contribution in [3.8, 4) is 0 Å². The highest BCUT2D eigenvalue weighted by atomic mass is 16.8. The molecule has 1 heterocycles. The summed E-state index contributed by atoms with van der Waals surface area (Å²) in [5, 5.41) is 0. The van der Waals surface area contributed by atoms with Crippen LogP contribution in [0.3, 0.4) is 0 Å². The van der Waals surface area contributed by atoms with Crippen LogP contribution in [-0.2, 0) is 14.3 Å². The lowest BCUT2D eigenvalue weighted by Gasteiger charge is -2.37. The van der Waals surface area contributed by atoms with Gasteiger partial charge in [-0.2, -0.15) is 0 Å². The average Bonchev–Trinajstić information content (AvgIpc) is 2.57. The topological polar surface area (TPSA) is 35.5 Å². The summed E-state index contributed by atoms with van der Waals surface area (Å²) in [4.78, 5) is 12.1. The minimum absolute atomic E-state index is 0.132. The quantitative estimate of drug-likeness (QED) is 0.633. The van der Waals surface area contributed by atoms with Crippen LogP contribution in [0.4, 0.5) is 0 Å². The standard InChI is InChI=1S/C13H20O3/c1-12(2)15-9-7-13(3)8(11(9)16-12)5-4-6-10(13)14/h8-9,11H,4-7H2,1-3H3/t8-,9-,11+,13+/m1/s1. The van der Waals surface area contributed by atoms with Gasteiger partial charge in [0.15, 0.2) is 5.79 Å². The Kier molecular flexibility index (Phi) is 2.06. The molecule has 0 bridgehead atoms. The molecule has 3 fully saturated rings. The lowest BCUT2D eigenvalue weighted by Crippen LogP contribution is -2.40. The number of Topliss-reactive ketones (excluding diaryl/α,β-unsaturated/α-hetero) is 1. The van der Waals surface area contributed by atoms with E-state index in [1.54, 1.807) is 0 Å². The summed E-state index contributed by atoms with van der Waals surface area (Å²) in [6.07, 6.45) is 4.01. The van der Waals surface area contributed by atoms with Crippen LogP contribution in [0.1, 0.15) is 46.5 Å². The second kappa shape index (κ2) is 3.08. The summed E-state index contributed by atoms with van der Waals surface area (Å²) in [6, 6.07) is 0. The van der Waals surface area contributed by atoms with Crippen molar-refractivity contribution in [1.29, 1.82) is 0 Å². The molecule has 0 unspecified atom stereocenters. The van der Waals surface area contributed by atoms with E-state index in [9.17, 15) is 4.79 Å². The van der Waals surface area contributed by atoms with E-state index in [2.05, 4.69) is 6.92 Å². The van der Waals surface area contributed by atoms with E-state index in [0.29, 0.717) is 11.7 Å². The molecule has 0 radical (unpaired) electrons. The number of hydrogen-bond donors (Lipinski definition) is 0. The first-order valence-electron chi connectivity index (χ1n) is 6.31. The molecule has 0 spiro atoms. The van der Waals surface area contributed by atoms with Gasteiger partial charge in [-0.15, -0.1) is 0 Å². The van der Waals surface area contributed by atoms with Gasteiger partial charge in [-0.25, -0.2) is 0 Å². The van der Waals surface area contributed by atoms with Gasteiger partial charge < -0.3 is 9.47 Å². The van der Waals surface area contributed by atoms with Gasteiger partial charge in [-0.1, -0.05) is 6.92 Å². The van der Waals surface area contributed by atoms with Crippen LogP contribution >= 0.6 is 0 Å². The third-order valence-electron chi connectivity index (χ3n) is 4.62. The Morgan fingerprint density at radius 2 is 2.00 bits per heavy atom. The van der Waals surface area contributed by atoms with E-state index in [4.69, 9.17) is 9.47 Å². The van der Waals surface area contributed by atoms with Crippen molar-refractivity contribution in [3.05, 3.63) is 0 Å². The highest BCUT2D eigenvalue weighted by molar-refractivity contribution is 5.86. The molecule has 0 amide bonds. The van der Waals surface area contributed by atoms with Crippen molar-refractivity contribution >= 4 is 5.78 Å². The van der Waals surface area contributed by atoms with E-state index in [0.717, 1.165) is 25.7 Å². The van der Waals surface area contributed by atoms with Gasteiger partial charge in [0, 0.05) is 17.8 Å². The molecule has 0 aromatic carbocycles. The van der Waals surface area contributed by atoms with Crippen LogP contribution in [0.2, 0.25) is 0 Å². The van der Waals surface area contributed by atoms with Gasteiger partial charge >= 0.3 is 0 Å². The van der Waals surface area contributed by atoms with Crippen molar-refractivity contribution in [3.63, 3.8) is 0 Å². The zero-order chi connectivity index (χ0) is 11.6. The maximum Gasteiger partial charge on any atom is 0.163 e. The van der Waals surface area contributed by atoms with Crippen molar-refractivity contribution in [2.75, 3.05) is 0 Å². The number of rotatable bonds is 0. The van der Waals surface area contributed by atoms with Gasteiger partial charge in [0.2, 0.25) is 0 Å². The third-order valence-corrected chi connectivity index (χ3v) is 4.62. The molecule has 0 N–H and O–H groups in total. The van der Waals surface area contributed by atoms with E-state index in [1.165, 1.54) is 0 Å². The van der Waals surface area contributed by atoms with Crippen LogP contribution in [-0.4, -0.2) is 23.8 Å². The fourth-order valence-electron chi connectivity index (χ4n) is 3.87. The van der Waals surface area contributed by atoms with Crippen molar-refractivity contribution in [2.45, 2.75) is 64.4 Å². The van der Waals surface area contributed by atoms with Gasteiger partial charge in [-0.3, -0.25) is 4.79 Å². The van der Waals surface area contributed by atoms with E-state index in [-0.39, 0.29) is 17.6 Å². The molecule has 90 valence electrons. The molecule has 2 saturated carbocycles. The van der Waals surface area contributed by atoms with Crippen molar-refractivity contribution in [1.82, 2.24) is 0 Å². The number of carbonyl (C=O) groups excluding carboxylic acids is 1. The zero-order valence-electron chi connectivity index (χ0n) is 10.3. The number of hydrogen-bond acceptors (Lipinski definition) is 3. The summed E-state index contributed by atoms with van der Waals surface area (Å²) >= 11 is 0. The van der Waals surface area contributed by atoms with Crippen LogP contribution < -0.4 is 0 Å². The first kappa shape index (κ1) is 10.7. The lowest BCUT2D eigenvalue weighted by molar-refractivity contribution is -0.172. The first-order valence-corrected chi connectivity index (χ1v) is 6.31. The summed E-state index contributed by atoms with van der Waals surface area (Å²) in [5.41, 5.74) is -0.177. The lowest BCUT2D eigenvalue weighted by atomic mass is 9.68. The smallest absolute Gasteiger partial charge is 0.163 e. The van der Waals surface area contributed by atoms with Crippen molar-refractivity contribution in [2.24, 2.45) is 11.3 Å². The van der Waals surface area contributed by atoms with Crippen LogP contribution in [0.5, 0.6) is 0 Å². The minimum Gasteiger partial charge on any atom is -0.345 e. The summed E-state index contributed by atoms with van der Waals surface area (Å²) in [6.45, 7) is 6.04. The van der Waals surface area contributed by atoms with E-state index >= 15 is 0 Å². The minimum atomic E-state index is -0.461. The molecule has 3 rings (SSSR count). The first-order chi connectivity index (χ1) is 7.42. The van der Waals surface area contributed by atoms with E-state index in [1.807, 2.05) is 13.8 Å². The summed E-state index contributed by atoms with van der Waals surface area (Å²) in [5.74, 6) is 0.334. The maximum atomic E-state index is 12.1. The number of fused-ring (bicyclic) bond motifs is 3. The largest absolute Gasteiger partial charge is 0.345 e. The Bertz CT molecular complexity index is 336. The third kappa shape index (κ3) is 1.31. The van der Waals surface area contributed by atoms with Crippen molar-refractivity contribution < 1.29 is 14.3 Å². The molecule has 0 aromatic rings. The normalized spacial score (nSPS) is 50.2. The molecule has 1 saturated heterocycles. The van der Waals surface area contributed by atoms with Crippen LogP contribution in [0, 0.1) is 11.3 Å². The molecular formula is C13H20O3. The second-order valence-electron chi connectivity index (χ2n) is 6.18. The SMILES string of the molecule is CC1(C)O[C@H]2[C@H]3CCCC(=O)[C@@]3(C)C[C@H]2O1. The molecule has 3 aliphatic rings. The highest BCUT2D eigenvalue weighted by Gasteiger charge is 2.61. The predicted molar refractivity (Wildman–Crippen MR) is 58.9 cm³/mol.